The number of hydrogen-bond acceptors (Lipinski definition) is 4. The van der Waals surface area contributed by atoms with Crippen LogP contribution in [0.2, 0.25) is 0 Å². The number of benzene rings is 1. The van der Waals surface area contributed by atoms with E-state index in [0.717, 1.165) is 29.0 Å². The van der Waals surface area contributed by atoms with Gasteiger partial charge in [0.2, 0.25) is 0 Å². The van der Waals surface area contributed by atoms with Crippen LogP contribution in [0, 0.1) is 0 Å². The highest BCUT2D eigenvalue weighted by atomic mass is 32.2. The van der Waals surface area contributed by atoms with Gasteiger partial charge in [0.25, 0.3) is 5.91 Å². The van der Waals surface area contributed by atoms with Crippen LogP contribution in [-0.4, -0.2) is 38.1 Å². The fourth-order valence-electron chi connectivity index (χ4n) is 2.67. The number of carbonyl (C=O) groups excluding carboxylic acids is 1. The van der Waals surface area contributed by atoms with E-state index in [2.05, 4.69) is 10.1 Å². The van der Waals surface area contributed by atoms with Gasteiger partial charge in [-0.05, 0) is 31.0 Å². The van der Waals surface area contributed by atoms with Crippen molar-refractivity contribution in [3.05, 3.63) is 59.9 Å². The van der Waals surface area contributed by atoms with Crippen molar-refractivity contribution < 1.29 is 9.00 Å². The molecule has 3 rings (SSSR count). The van der Waals surface area contributed by atoms with Crippen LogP contribution < -0.4 is 0 Å². The first kappa shape index (κ1) is 16.5. The lowest BCUT2D eigenvalue weighted by Crippen LogP contribution is -2.32. The first-order chi connectivity index (χ1) is 11.7. The van der Waals surface area contributed by atoms with E-state index in [-0.39, 0.29) is 5.91 Å². The molecule has 0 aliphatic carbocycles. The zero-order valence-electron chi connectivity index (χ0n) is 13.5. The lowest BCUT2D eigenvalue weighted by molar-refractivity contribution is 0.0751. The average molecular weight is 341 g/mol. The summed E-state index contributed by atoms with van der Waals surface area (Å²) in [7, 11) is -1.06. The van der Waals surface area contributed by atoms with Crippen molar-refractivity contribution in [3.8, 4) is 0 Å². The van der Waals surface area contributed by atoms with Crippen molar-refractivity contribution in [1.82, 2.24) is 9.99 Å². The molecule has 1 unspecified atom stereocenters. The molecule has 0 N–H and O–H groups in total. The fraction of sp³-hybridized carbons (Fsp3) is 0.278. The van der Waals surface area contributed by atoms with Gasteiger partial charge in [-0.25, -0.2) is 5.01 Å². The van der Waals surface area contributed by atoms with Crippen LogP contribution in [0.3, 0.4) is 0 Å². The van der Waals surface area contributed by atoms with Gasteiger partial charge in [0.1, 0.15) is 0 Å². The SMILES string of the molecule is CCS(=O)c1ccccc1C1=NN(C(=O)c2cccnc2)CCC1. The van der Waals surface area contributed by atoms with E-state index in [1.54, 1.807) is 24.5 Å². The highest BCUT2D eigenvalue weighted by Crippen LogP contribution is 2.21. The maximum Gasteiger partial charge on any atom is 0.275 e. The lowest BCUT2D eigenvalue weighted by atomic mass is 10.0. The van der Waals surface area contributed by atoms with E-state index in [0.29, 0.717) is 17.9 Å². The third-order valence-electron chi connectivity index (χ3n) is 3.87. The molecule has 5 nitrogen and oxygen atoms in total. The quantitative estimate of drug-likeness (QED) is 0.859. The second-order valence-electron chi connectivity index (χ2n) is 5.45. The predicted molar refractivity (Wildman–Crippen MR) is 94.4 cm³/mol. The average Bonchev–Trinajstić information content (AvgIpc) is 2.67. The van der Waals surface area contributed by atoms with Gasteiger partial charge in [0, 0.05) is 35.2 Å². The van der Waals surface area contributed by atoms with E-state index in [9.17, 15) is 9.00 Å². The first-order valence-electron chi connectivity index (χ1n) is 7.98. The van der Waals surface area contributed by atoms with Gasteiger partial charge in [-0.3, -0.25) is 14.0 Å². The Bertz CT molecular complexity index is 790. The first-order valence-corrected chi connectivity index (χ1v) is 9.29. The number of aromatic nitrogens is 1. The Morgan fingerprint density at radius 3 is 2.83 bits per heavy atom. The van der Waals surface area contributed by atoms with Gasteiger partial charge < -0.3 is 0 Å². The minimum absolute atomic E-state index is 0.158. The van der Waals surface area contributed by atoms with Crippen molar-refractivity contribution >= 4 is 22.4 Å². The standard InChI is InChI=1S/C18H19N3O2S/c1-2-24(23)17-10-4-3-8-15(17)16-9-6-12-21(20-16)18(22)14-7-5-11-19-13-14/h3-5,7-8,10-11,13H,2,6,9,12H2,1H3. The molecule has 0 saturated carbocycles. The van der Waals surface area contributed by atoms with Gasteiger partial charge in [0.15, 0.2) is 0 Å². The summed E-state index contributed by atoms with van der Waals surface area (Å²) in [5.41, 5.74) is 2.21. The summed E-state index contributed by atoms with van der Waals surface area (Å²) in [5.74, 6) is 0.400. The maximum absolute atomic E-state index is 12.6. The molecule has 1 aliphatic rings. The zero-order chi connectivity index (χ0) is 16.9. The fourth-order valence-corrected chi connectivity index (χ4v) is 3.65. The van der Waals surface area contributed by atoms with Crippen LogP contribution in [0.25, 0.3) is 0 Å². The summed E-state index contributed by atoms with van der Waals surface area (Å²) in [6.07, 6.45) is 4.79. The number of hydrazone groups is 1. The Morgan fingerprint density at radius 2 is 2.08 bits per heavy atom. The molecule has 0 spiro atoms. The minimum atomic E-state index is -1.06. The molecule has 0 radical (unpaired) electrons. The van der Waals surface area contributed by atoms with Crippen LogP contribution in [0.1, 0.15) is 35.7 Å². The Morgan fingerprint density at radius 1 is 1.25 bits per heavy atom. The number of pyridine rings is 1. The van der Waals surface area contributed by atoms with E-state index < -0.39 is 10.8 Å². The second-order valence-corrected chi connectivity index (χ2v) is 7.16. The van der Waals surface area contributed by atoms with E-state index in [1.165, 1.54) is 5.01 Å². The Labute approximate surface area is 143 Å². The number of hydrogen-bond donors (Lipinski definition) is 0. The topological polar surface area (TPSA) is 62.6 Å². The normalized spacial score (nSPS) is 15.7. The summed E-state index contributed by atoms with van der Waals surface area (Å²) < 4.78 is 12.3. The minimum Gasteiger partial charge on any atom is -0.267 e. The smallest absolute Gasteiger partial charge is 0.267 e. The summed E-state index contributed by atoms with van der Waals surface area (Å²) in [5, 5.41) is 6.03. The highest BCUT2D eigenvalue weighted by molar-refractivity contribution is 7.85. The monoisotopic (exact) mass is 341 g/mol. The third-order valence-corrected chi connectivity index (χ3v) is 5.24. The number of carbonyl (C=O) groups is 1. The van der Waals surface area contributed by atoms with Crippen molar-refractivity contribution in [3.63, 3.8) is 0 Å². The van der Waals surface area contributed by atoms with Crippen LogP contribution >= 0.6 is 0 Å². The molecule has 1 aromatic carbocycles. The van der Waals surface area contributed by atoms with Crippen LogP contribution in [0.15, 0.2) is 58.8 Å². The number of amides is 1. The molecule has 24 heavy (non-hydrogen) atoms. The summed E-state index contributed by atoms with van der Waals surface area (Å²) >= 11 is 0. The molecule has 2 heterocycles. The second kappa shape index (κ2) is 7.49. The molecule has 1 amide bonds. The molecule has 1 atom stereocenters. The summed E-state index contributed by atoms with van der Waals surface area (Å²) in [6, 6.07) is 11.1. The van der Waals surface area contributed by atoms with Gasteiger partial charge in [-0.1, -0.05) is 25.1 Å². The van der Waals surface area contributed by atoms with Crippen LogP contribution in [-0.2, 0) is 10.8 Å². The molecule has 0 bridgehead atoms. The summed E-state index contributed by atoms with van der Waals surface area (Å²) in [4.78, 5) is 17.3. The Kier molecular flexibility index (Phi) is 5.15. The Hall–Kier alpha value is -2.34. The van der Waals surface area contributed by atoms with Gasteiger partial charge in [-0.15, -0.1) is 0 Å². The van der Waals surface area contributed by atoms with Crippen molar-refractivity contribution in [2.45, 2.75) is 24.7 Å². The molecular weight excluding hydrogens is 322 g/mol. The van der Waals surface area contributed by atoms with Gasteiger partial charge in [-0.2, -0.15) is 5.10 Å². The van der Waals surface area contributed by atoms with Crippen LogP contribution in [0.4, 0.5) is 0 Å². The number of rotatable bonds is 4. The van der Waals surface area contributed by atoms with Gasteiger partial charge in [0.05, 0.1) is 22.1 Å². The molecule has 6 heteroatoms. The maximum atomic E-state index is 12.6. The molecular formula is C18H19N3O2S. The molecule has 1 aliphatic heterocycles. The molecule has 0 saturated heterocycles. The van der Waals surface area contributed by atoms with Crippen molar-refractivity contribution in [2.75, 3.05) is 12.3 Å². The predicted octanol–water partition coefficient (Wildman–Crippen LogP) is 2.85. The third kappa shape index (κ3) is 3.43. The van der Waals surface area contributed by atoms with E-state index in [1.807, 2.05) is 31.2 Å². The van der Waals surface area contributed by atoms with Crippen molar-refractivity contribution in [2.24, 2.45) is 5.10 Å². The molecule has 0 fully saturated rings. The molecule has 2 aromatic rings. The zero-order valence-corrected chi connectivity index (χ0v) is 14.3. The number of nitrogens with zero attached hydrogens (tertiary/aromatic N) is 3. The largest absolute Gasteiger partial charge is 0.275 e. The van der Waals surface area contributed by atoms with E-state index >= 15 is 0 Å². The van der Waals surface area contributed by atoms with Crippen molar-refractivity contribution in [1.29, 1.82) is 0 Å². The molecule has 124 valence electrons. The highest BCUT2D eigenvalue weighted by Gasteiger charge is 2.22. The van der Waals surface area contributed by atoms with E-state index in [4.69, 9.17) is 0 Å². The van der Waals surface area contributed by atoms with Gasteiger partial charge >= 0.3 is 0 Å². The summed E-state index contributed by atoms with van der Waals surface area (Å²) in [6.45, 7) is 2.48. The lowest BCUT2D eigenvalue weighted by Gasteiger charge is -2.24. The van der Waals surface area contributed by atoms with Crippen LogP contribution in [0.5, 0.6) is 0 Å². The Balaban J connectivity index is 1.94. The molecule has 1 aromatic heterocycles.